The molecule has 1 aromatic carbocycles. The summed E-state index contributed by atoms with van der Waals surface area (Å²) in [5.74, 6) is 0.880. The van der Waals surface area contributed by atoms with E-state index in [0.717, 1.165) is 30.3 Å². The highest BCUT2D eigenvalue weighted by Gasteiger charge is 2.26. The Morgan fingerprint density at radius 1 is 1.39 bits per heavy atom. The third-order valence-corrected chi connectivity index (χ3v) is 5.21. The molecule has 1 fully saturated rings. The molecule has 4 nitrogen and oxygen atoms in total. The van der Waals surface area contributed by atoms with Crippen LogP contribution in [0.3, 0.4) is 0 Å². The van der Waals surface area contributed by atoms with Crippen LogP contribution >= 0.6 is 11.3 Å². The van der Waals surface area contributed by atoms with Crippen molar-refractivity contribution in [3.05, 3.63) is 52.2 Å². The molecule has 124 valence electrons. The van der Waals surface area contributed by atoms with E-state index in [0.29, 0.717) is 13.0 Å². The number of methoxy groups -OCH3 is 1. The number of aliphatic hydroxyl groups is 1. The van der Waals surface area contributed by atoms with Gasteiger partial charge in [-0.3, -0.25) is 4.90 Å². The van der Waals surface area contributed by atoms with Crippen molar-refractivity contribution in [2.45, 2.75) is 25.1 Å². The number of morpholine rings is 1. The van der Waals surface area contributed by atoms with E-state index < -0.39 is 6.10 Å². The van der Waals surface area contributed by atoms with Gasteiger partial charge in [0.05, 0.1) is 26.4 Å². The number of hydrogen-bond donors (Lipinski definition) is 1. The zero-order valence-corrected chi connectivity index (χ0v) is 14.2. The van der Waals surface area contributed by atoms with Crippen LogP contribution in [0.2, 0.25) is 0 Å². The average molecular weight is 333 g/mol. The van der Waals surface area contributed by atoms with Crippen LogP contribution in [0.1, 0.15) is 23.0 Å². The second-order valence-corrected chi connectivity index (χ2v) is 6.80. The molecule has 2 aromatic rings. The monoisotopic (exact) mass is 333 g/mol. The number of aliphatic hydroxyl groups excluding tert-OH is 1. The Hall–Kier alpha value is -1.40. The standard InChI is InChI=1S/C18H23NO3S/c1-21-16-5-2-4-14(10-16)12-19-7-8-22-13-15(19)11-17(20)18-6-3-9-23-18/h2-6,9-10,15,17,20H,7-8,11-13H2,1H3. The van der Waals surface area contributed by atoms with Crippen molar-refractivity contribution in [1.82, 2.24) is 4.90 Å². The highest BCUT2D eigenvalue weighted by molar-refractivity contribution is 7.10. The molecule has 0 bridgehead atoms. The number of thiophene rings is 1. The van der Waals surface area contributed by atoms with Crippen LogP contribution in [0.4, 0.5) is 0 Å². The molecule has 0 radical (unpaired) electrons. The van der Waals surface area contributed by atoms with Crippen LogP contribution in [0, 0.1) is 0 Å². The molecular formula is C18H23NO3S. The van der Waals surface area contributed by atoms with Crippen LogP contribution in [0.15, 0.2) is 41.8 Å². The molecule has 3 rings (SSSR count). The lowest BCUT2D eigenvalue weighted by Crippen LogP contribution is -2.45. The van der Waals surface area contributed by atoms with Gasteiger partial charge in [-0.25, -0.2) is 0 Å². The molecule has 2 atom stereocenters. The number of rotatable bonds is 6. The van der Waals surface area contributed by atoms with E-state index in [9.17, 15) is 5.11 Å². The van der Waals surface area contributed by atoms with E-state index in [4.69, 9.17) is 9.47 Å². The lowest BCUT2D eigenvalue weighted by Gasteiger charge is -2.36. The molecule has 1 aliphatic heterocycles. The van der Waals surface area contributed by atoms with Gasteiger partial charge in [0, 0.05) is 24.0 Å². The first-order chi connectivity index (χ1) is 11.3. The topological polar surface area (TPSA) is 41.9 Å². The molecule has 1 N–H and O–H groups in total. The first-order valence-electron chi connectivity index (χ1n) is 7.92. The van der Waals surface area contributed by atoms with Crippen molar-refractivity contribution in [3.8, 4) is 5.75 Å². The molecule has 1 saturated heterocycles. The summed E-state index contributed by atoms with van der Waals surface area (Å²) in [6, 6.07) is 12.4. The molecule has 2 heterocycles. The Bertz CT molecular complexity index is 602. The smallest absolute Gasteiger partial charge is 0.119 e. The minimum absolute atomic E-state index is 0.229. The van der Waals surface area contributed by atoms with E-state index in [1.165, 1.54) is 5.56 Å². The first-order valence-corrected chi connectivity index (χ1v) is 8.80. The highest BCUT2D eigenvalue weighted by atomic mass is 32.1. The zero-order chi connectivity index (χ0) is 16.1. The summed E-state index contributed by atoms with van der Waals surface area (Å²) in [6.45, 7) is 3.16. The molecule has 0 spiro atoms. The Balaban J connectivity index is 1.66. The lowest BCUT2D eigenvalue weighted by molar-refractivity contribution is -0.0296. The summed E-state index contributed by atoms with van der Waals surface area (Å²) in [7, 11) is 1.69. The Labute approximate surface area is 141 Å². The van der Waals surface area contributed by atoms with Crippen molar-refractivity contribution in [3.63, 3.8) is 0 Å². The highest BCUT2D eigenvalue weighted by Crippen LogP contribution is 2.27. The number of nitrogens with zero attached hydrogens (tertiary/aromatic N) is 1. The van der Waals surface area contributed by atoms with Gasteiger partial charge in [0.1, 0.15) is 5.75 Å². The van der Waals surface area contributed by atoms with E-state index in [1.807, 2.05) is 29.6 Å². The maximum Gasteiger partial charge on any atom is 0.119 e. The number of hydrogen-bond acceptors (Lipinski definition) is 5. The molecule has 2 unspecified atom stereocenters. The predicted molar refractivity (Wildman–Crippen MR) is 91.9 cm³/mol. The largest absolute Gasteiger partial charge is 0.497 e. The van der Waals surface area contributed by atoms with Crippen molar-refractivity contribution in [2.24, 2.45) is 0 Å². The summed E-state index contributed by atoms with van der Waals surface area (Å²) < 4.78 is 10.9. The fourth-order valence-corrected chi connectivity index (χ4v) is 3.70. The second kappa shape index (κ2) is 7.93. The van der Waals surface area contributed by atoms with Crippen molar-refractivity contribution in [1.29, 1.82) is 0 Å². The van der Waals surface area contributed by atoms with Gasteiger partial charge in [0.2, 0.25) is 0 Å². The summed E-state index contributed by atoms with van der Waals surface area (Å²) >= 11 is 1.60. The molecular weight excluding hydrogens is 310 g/mol. The van der Waals surface area contributed by atoms with Crippen molar-refractivity contribution < 1.29 is 14.6 Å². The second-order valence-electron chi connectivity index (χ2n) is 5.82. The van der Waals surface area contributed by atoms with Crippen LogP contribution in [0.5, 0.6) is 5.75 Å². The fourth-order valence-electron chi connectivity index (χ4n) is 2.97. The first kappa shape index (κ1) is 16.5. The number of ether oxygens (including phenoxy) is 2. The quantitative estimate of drug-likeness (QED) is 0.882. The van der Waals surface area contributed by atoms with Crippen molar-refractivity contribution >= 4 is 11.3 Å². The predicted octanol–water partition coefficient (Wildman–Crippen LogP) is 3.08. The summed E-state index contributed by atoms with van der Waals surface area (Å²) in [5.41, 5.74) is 1.22. The van der Waals surface area contributed by atoms with Gasteiger partial charge in [0.15, 0.2) is 0 Å². The molecule has 1 aliphatic rings. The average Bonchev–Trinajstić information content (AvgIpc) is 3.11. The van der Waals surface area contributed by atoms with Crippen LogP contribution < -0.4 is 4.74 Å². The third kappa shape index (κ3) is 4.32. The van der Waals surface area contributed by atoms with Crippen LogP contribution in [0.25, 0.3) is 0 Å². The maximum atomic E-state index is 10.4. The van der Waals surface area contributed by atoms with E-state index in [-0.39, 0.29) is 6.04 Å². The normalized spacial score (nSPS) is 20.3. The number of benzene rings is 1. The Kier molecular flexibility index (Phi) is 5.67. The minimum Gasteiger partial charge on any atom is -0.497 e. The van der Waals surface area contributed by atoms with Gasteiger partial charge in [0.25, 0.3) is 0 Å². The van der Waals surface area contributed by atoms with Crippen molar-refractivity contribution in [2.75, 3.05) is 26.9 Å². The van der Waals surface area contributed by atoms with E-state index in [1.54, 1.807) is 18.4 Å². The maximum absolute atomic E-state index is 10.4. The zero-order valence-electron chi connectivity index (χ0n) is 13.4. The van der Waals surface area contributed by atoms with Gasteiger partial charge < -0.3 is 14.6 Å². The van der Waals surface area contributed by atoms with Crippen LogP contribution in [-0.2, 0) is 11.3 Å². The Morgan fingerprint density at radius 2 is 2.30 bits per heavy atom. The Morgan fingerprint density at radius 3 is 3.09 bits per heavy atom. The minimum atomic E-state index is -0.422. The van der Waals surface area contributed by atoms with Gasteiger partial charge in [-0.1, -0.05) is 18.2 Å². The van der Waals surface area contributed by atoms with Gasteiger partial charge in [-0.05, 0) is 35.6 Å². The molecule has 0 aliphatic carbocycles. The van der Waals surface area contributed by atoms with E-state index >= 15 is 0 Å². The van der Waals surface area contributed by atoms with Crippen LogP contribution in [-0.4, -0.2) is 42.9 Å². The lowest BCUT2D eigenvalue weighted by atomic mass is 10.0. The van der Waals surface area contributed by atoms with Gasteiger partial charge >= 0.3 is 0 Å². The summed E-state index contributed by atoms with van der Waals surface area (Å²) in [6.07, 6.45) is 0.277. The SMILES string of the molecule is COc1cccc(CN2CCOCC2CC(O)c2cccs2)c1. The molecule has 23 heavy (non-hydrogen) atoms. The van der Waals surface area contributed by atoms with Gasteiger partial charge in [-0.2, -0.15) is 0 Å². The molecule has 0 amide bonds. The van der Waals surface area contributed by atoms with Gasteiger partial charge in [-0.15, -0.1) is 11.3 Å². The molecule has 0 saturated carbocycles. The fraction of sp³-hybridized carbons (Fsp3) is 0.444. The summed E-state index contributed by atoms with van der Waals surface area (Å²) in [4.78, 5) is 3.42. The molecule has 5 heteroatoms. The third-order valence-electron chi connectivity index (χ3n) is 4.24. The molecule has 1 aromatic heterocycles. The van der Waals surface area contributed by atoms with E-state index in [2.05, 4.69) is 17.0 Å². The summed E-state index contributed by atoms with van der Waals surface area (Å²) in [5, 5.41) is 12.4.